The van der Waals surface area contributed by atoms with E-state index in [0.717, 1.165) is 0 Å². The Morgan fingerprint density at radius 3 is 2.62 bits per heavy atom. The molecule has 1 unspecified atom stereocenters. The SMILES string of the molecule is CCC(CO)NS(=O)(=O)c1cn(C)c(C)n1. The lowest BCUT2D eigenvalue weighted by Crippen LogP contribution is -2.37. The number of nitrogens with one attached hydrogen (secondary N) is 1. The number of hydrogen-bond acceptors (Lipinski definition) is 4. The molecular weight excluding hydrogens is 230 g/mol. The first-order chi connectivity index (χ1) is 7.40. The molecule has 0 bridgehead atoms. The standard InChI is InChI=1S/C9H17N3O3S/c1-4-8(6-13)11-16(14,15)9-5-12(3)7(2)10-9/h5,8,11,13H,4,6H2,1-3H3. The summed E-state index contributed by atoms with van der Waals surface area (Å²) in [4.78, 5) is 3.93. The minimum atomic E-state index is -3.63. The van der Waals surface area contributed by atoms with Gasteiger partial charge in [-0.2, -0.15) is 0 Å². The number of sulfonamides is 1. The second-order valence-corrected chi connectivity index (χ2v) is 5.31. The van der Waals surface area contributed by atoms with E-state index in [2.05, 4.69) is 9.71 Å². The monoisotopic (exact) mass is 247 g/mol. The van der Waals surface area contributed by atoms with Gasteiger partial charge in [-0.25, -0.2) is 18.1 Å². The molecule has 0 aliphatic heterocycles. The van der Waals surface area contributed by atoms with Crippen molar-refractivity contribution in [3.05, 3.63) is 12.0 Å². The molecule has 0 spiro atoms. The summed E-state index contributed by atoms with van der Waals surface area (Å²) < 4.78 is 27.7. The maximum Gasteiger partial charge on any atom is 0.259 e. The first-order valence-electron chi connectivity index (χ1n) is 5.03. The number of aryl methyl sites for hydroxylation is 2. The molecule has 0 amide bonds. The van der Waals surface area contributed by atoms with Crippen molar-refractivity contribution in [2.45, 2.75) is 31.3 Å². The van der Waals surface area contributed by atoms with Crippen molar-refractivity contribution in [2.75, 3.05) is 6.61 Å². The Morgan fingerprint density at radius 2 is 2.25 bits per heavy atom. The Bertz CT molecular complexity index is 429. The van der Waals surface area contributed by atoms with Crippen LogP contribution in [0.4, 0.5) is 0 Å². The van der Waals surface area contributed by atoms with Crippen LogP contribution in [0, 0.1) is 6.92 Å². The van der Waals surface area contributed by atoms with E-state index in [1.807, 2.05) is 0 Å². The van der Waals surface area contributed by atoms with E-state index in [1.165, 1.54) is 6.20 Å². The van der Waals surface area contributed by atoms with Crippen molar-refractivity contribution < 1.29 is 13.5 Å². The van der Waals surface area contributed by atoms with Crippen molar-refractivity contribution in [1.82, 2.24) is 14.3 Å². The van der Waals surface area contributed by atoms with Crippen LogP contribution in [0.2, 0.25) is 0 Å². The van der Waals surface area contributed by atoms with E-state index in [-0.39, 0.29) is 11.6 Å². The molecule has 0 aromatic carbocycles. The van der Waals surface area contributed by atoms with Crippen LogP contribution < -0.4 is 4.72 Å². The minimum Gasteiger partial charge on any atom is -0.395 e. The topological polar surface area (TPSA) is 84.2 Å². The average Bonchev–Trinajstić information content (AvgIpc) is 2.56. The summed E-state index contributed by atoms with van der Waals surface area (Å²) in [5, 5.41) is 8.93. The highest BCUT2D eigenvalue weighted by Crippen LogP contribution is 2.08. The normalized spacial score (nSPS) is 14.0. The first kappa shape index (κ1) is 13.1. The zero-order valence-corrected chi connectivity index (χ0v) is 10.5. The number of rotatable bonds is 5. The number of aromatic nitrogens is 2. The van der Waals surface area contributed by atoms with Gasteiger partial charge in [0.1, 0.15) is 5.82 Å². The number of aliphatic hydroxyl groups is 1. The lowest BCUT2D eigenvalue weighted by atomic mass is 10.3. The number of hydrogen-bond donors (Lipinski definition) is 2. The fourth-order valence-electron chi connectivity index (χ4n) is 1.19. The molecule has 1 heterocycles. The molecule has 0 aliphatic carbocycles. The highest BCUT2D eigenvalue weighted by atomic mass is 32.2. The molecule has 1 atom stereocenters. The van der Waals surface area contributed by atoms with Crippen LogP contribution in [0.25, 0.3) is 0 Å². The molecule has 16 heavy (non-hydrogen) atoms. The van der Waals surface area contributed by atoms with E-state index in [0.29, 0.717) is 12.2 Å². The third-order valence-electron chi connectivity index (χ3n) is 2.40. The Kier molecular flexibility index (Phi) is 4.06. The van der Waals surface area contributed by atoms with Gasteiger partial charge in [0.2, 0.25) is 0 Å². The lowest BCUT2D eigenvalue weighted by Gasteiger charge is -2.12. The summed E-state index contributed by atoms with van der Waals surface area (Å²) in [5.74, 6) is 0.623. The highest BCUT2D eigenvalue weighted by molar-refractivity contribution is 7.89. The first-order valence-corrected chi connectivity index (χ1v) is 6.52. The summed E-state index contributed by atoms with van der Waals surface area (Å²) >= 11 is 0. The van der Waals surface area contributed by atoms with Crippen molar-refractivity contribution in [1.29, 1.82) is 0 Å². The third-order valence-corrected chi connectivity index (χ3v) is 3.79. The Balaban J connectivity index is 2.94. The largest absolute Gasteiger partial charge is 0.395 e. The molecule has 92 valence electrons. The Morgan fingerprint density at radius 1 is 1.62 bits per heavy atom. The lowest BCUT2D eigenvalue weighted by molar-refractivity contribution is 0.253. The Hall–Kier alpha value is -0.920. The maximum absolute atomic E-state index is 11.8. The molecule has 0 saturated carbocycles. The van der Waals surface area contributed by atoms with Crippen molar-refractivity contribution in [3.8, 4) is 0 Å². The molecule has 0 saturated heterocycles. The van der Waals surface area contributed by atoms with Gasteiger partial charge in [0, 0.05) is 19.3 Å². The molecular formula is C9H17N3O3S. The summed E-state index contributed by atoms with van der Waals surface area (Å²) in [5.41, 5.74) is 0. The fourth-order valence-corrected chi connectivity index (χ4v) is 2.54. The molecule has 6 nitrogen and oxygen atoms in total. The second kappa shape index (κ2) is 4.94. The number of nitrogens with zero attached hydrogens (tertiary/aromatic N) is 2. The van der Waals surface area contributed by atoms with Gasteiger partial charge < -0.3 is 9.67 Å². The van der Waals surface area contributed by atoms with Crippen LogP contribution >= 0.6 is 0 Å². The van der Waals surface area contributed by atoms with E-state index >= 15 is 0 Å². The highest BCUT2D eigenvalue weighted by Gasteiger charge is 2.21. The number of imidazole rings is 1. The predicted octanol–water partition coefficient (Wildman–Crippen LogP) is -0.222. The molecule has 0 fully saturated rings. The third kappa shape index (κ3) is 2.81. The molecule has 1 aromatic rings. The predicted molar refractivity (Wildman–Crippen MR) is 59.4 cm³/mol. The Labute approximate surface area is 95.4 Å². The molecule has 0 aliphatic rings. The summed E-state index contributed by atoms with van der Waals surface area (Å²) in [6.07, 6.45) is 1.98. The zero-order valence-electron chi connectivity index (χ0n) is 9.64. The number of aliphatic hydroxyl groups excluding tert-OH is 1. The van der Waals surface area contributed by atoms with Crippen LogP contribution in [0.1, 0.15) is 19.2 Å². The van der Waals surface area contributed by atoms with Gasteiger partial charge in [0.05, 0.1) is 6.61 Å². The minimum absolute atomic E-state index is 0.0144. The van der Waals surface area contributed by atoms with Crippen LogP contribution in [0.5, 0.6) is 0 Å². The van der Waals surface area contributed by atoms with E-state index < -0.39 is 16.1 Å². The fraction of sp³-hybridized carbons (Fsp3) is 0.667. The molecule has 2 N–H and O–H groups in total. The van der Waals surface area contributed by atoms with Gasteiger partial charge in [-0.1, -0.05) is 6.92 Å². The molecule has 1 aromatic heterocycles. The summed E-state index contributed by atoms with van der Waals surface area (Å²) in [6, 6.07) is -0.465. The zero-order chi connectivity index (χ0) is 12.3. The average molecular weight is 247 g/mol. The van der Waals surface area contributed by atoms with Gasteiger partial charge in [0.15, 0.2) is 5.03 Å². The van der Waals surface area contributed by atoms with Gasteiger partial charge in [-0.05, 0) is 13.3 Å². The van der Waals surface area contributed by atoms with Crippen LogP contribution in [-0.4, -0.2) is 35.7 Å². The maximum atomic E-state index is 11.8. The van der Waals surface area contributed by atoms with Crippen molar-refractivity contribution in [3.63, 3.8) is 0 Å². The van der Waals surface area contributed by atoms with E-state index in [9.17, 15) is 8.42 Å². The summed E-state index contributed by atoms with van der Waals surface area (Å²) in [6.45, 7) is 3.30. The molecule has 1 rings (SSSR count). The second-order valence-electron chi connectivity index (χ2n) is 3.65. The van der Waals surface area contributed by atoms with Crippen LogP contribution in [0.3, 0.4) is 0 Å². The van der Waals surface area contributed by atoms with Gasteiger partial charge >= 0.3 is 0 Å². The van der Waals surface area contributed by atoms with Gasteiger partial charge in [-0.3, -0.25) is 0 Å². The van der Waals surface area contributed by atoms with Gasteiger partial charge in [-0.15, -0.1) is 0 Å². The smallest absolute Gasteiger partial charge is 0.259 e. The quantitative estimate of drug-likeness (QED) is 0.753. The molecule has 0 radical (unpaired) electrons. The van der Waals surface area contributed by atoms with Crippen LogP contribution in [0.15, 0.2) is 11.2 Å². The van der Waals surface area contributed by atoms with Gasteiger partial charge in [0.25, 0.3) is 10.0 Å². The summed E-state index contributed by atoms with van der Waals surface area (Å²) in [7, 11) is -1.90. The van der Waals surface area contributed by atoms with E-state index in [1.54, 1.807) is 25.5 Å². The van der Waals surface area contributed by atoms with Crippen molar-refractivity contribution in [2.24, 2.45) is 7.05 Å². The van der Waals surface area contributed by atoms with Crippen LogP contribution in [-0.2, 0) is 17.1 Å². The molecule has 7 heteroatoms. The van der Waals surface area contributed by atoms with Crippen molar-refractivity contribution >= 4 is 10.0 Å². The van der Waals surface area contributed by atoms with E-state index in [4.69, 9.17) is 5.11 Å².